The van der Waals surface area contributed by atoms with Crippen molar-refractivity contribution < 1.29 is 13.2 Å². The number of ether oxygens (including phenoxy) is 1. The predicted octanol–water partition coefficient (Wildman–Crippen LogP) is 1.81. The maximum Gasteiger partial charge on any atom is 0.244 e. The molecule has 0 aromatic carbocycles. The van der Waals surface area contributed by atoms with Crippen LogP contribution < -0.4 is 0 Å². The second kappa shape index (κ2) is 6.47. The van der Waals surface area contributed by atoms with Crippen molar-refractivity contribution in [3.8, 4) is 0 Å². The van der Waals surface area contributed by atoms with Crippen molar-refractivity contribution >= 4 is 21.6 Å². The molecule has 0 aliphatic carbocycles. The molecule has 1 aromatic rings. The van der Waals surface area contributed by atoms with Crippen LogP contribution in [0, 0.1) is 5.92 Å². The minimum atomic E-state index is -3.40. The molecule has 1 aliphatic rings. The summed E-state index contributed by atoms with van der Waals surface area (Å²) < 4.78 is 33.6. The van der Waals surface area contributed by atoms with E-state index >= 15 is 0 Å². The first-order chi connectivity index (χ1) is 9.48. The van der Waals surface area contributed by atoms with E-state index in [0.717, 1.165) is 18.5 Å². The summed E-state index contributed by atoms with van der Waals surface area (Å²) in [5.74, 6) is 0.766. The standard InChI is InChI=1S/C13H21ClN2O3S/c1-15-9-13(7-12(15)8-14)20(17,18)16-5-3-11(4-6-16)10-19-2/h7,9,11H,3-6,8,10H2,1-2H3. The minimum absolute atomic E-state index is 0.307. The third-order valence-electron chi connectivity index (χ3n) is 3.83. The van der Waals surface area contributed by atoms with Crippen LogP contribution in [-0.4, -0.2) is 44.1 Å². The van der Waals surface area contributed by atoms with Crippen LogP contribution in [0.2, 0.25) is 0 Å². The third kappa shape index (κ3) is 3.19. The number of nitrogens with zero attached hydrogens (tertiary/aromatic N) is 2. The van der Waals surface area contributed by atoms with Gasteiger partial charge in [-0.2, -0.15) is 4.31 Å². The summed E-state index contributed by atoms with van der Waals surface area (Å²) in [6.07, 6.45) is 3.33. The normalized spacial score (nSPS) is 18.6. The van der Waals surface area contributed by atoms with E-state index in [4.69, 9.17) is 16.3 Å². The van der Waals surface area contributed by atoms with Crippen LogP contribution in [0.15, 0.2) is 17.2 Å². The van der Waals surface area contributed by atoms with Crippen LogP contribution in [0.3, 0.4) is 0 Å². The number of halogens is 1. The van der Waals surface area contributed by atoms with Gasteiger partial charge >= 0.3 is 0 Å². The van der Waals surface area contributed by atoms with E-state index in [9.17, 15) is 8.42 Å². The Morgan fingerprint density at radius 3 is 2.55 bits per heavy atom. The Morgan fingerprint density at radius 1 is 1.40 bits per heavy atom. The van der Waals surface area contributed by atoms with Crippen LogP contribution >= 0.6 is 11.6 Å². The molecule has 1 aromatic heterocycles. The van der Waals surface area contributed by atoms with Crippen molar-refractivity contribution in [2.75, 3.05) is 26.8 Å². The summed E-state index contributed by atoms with van der Waals surface area (Å²) in [6.45, 7) is 1.82. The lowest BCUT2D eigenvalue weighted by Crippen LogP contribution is -2.39. The molecule has 114 valence electrons. The first-order valence-corrected chi connectivity index (χ1v) is 8.66. The summed E-state index contributed by atoms with van der Waals surface area (Å²) in [6, 6.07) is 1.66. The summed E-state index contributed by atoms with van der Waals surface area (Å²) in [5, 5.41) is 0. The van der Waals surface area contributed by atoms with E-state index in [1.165, 1.54) is 0 Å². The molecular weight excluding hydrogens is 300 g/mol. The van der Waals surface area contributed by atoms with Crippen LogP contribution in [-0.2, 0) is 27.7 Å². The number of aryl methyl sites for hydroxylation is 1. The molecule has 0 unspecified atom stereocenters. The highest BCUT2D eigenvalue weighted by Gasteiger charge is 2.30. The SMILES string of the molecule is COCC1CCN(S(=O)(=O)c2cc(CCl)n(C)c2)CC1. The third-order valence-corrected chi connectivity index (χ3v) is 5.97. The number of methoxy groups -OCH3 is 1. The average Bonchev–Trinajstić information content (AvgIpc) is 2.82. The molecule has 2 heterocycles. The number of aromatic nitrogens is 1. The molecule has 0 bridgehead atoms. The highest BCUT2D eigenvalue weighted by molar-refractivity contribution is 7.89. The van der Waals surface area contributed by atoms with Crippen molar-refractivity contribution in [2.45, 2.75) is 23.6 Å². The van der Waals surface area contributed by atoms with Gasteiger partial charge in [0.1, 0.15) is 4.90 Å². The highest BCUT2D eigenvalue weighted by atomic mass is 35.5. The summed E-state index contributed by atoms with van der Waals surface area (Å²) >= 11 is 5.79. The lowest BCUT2D eigenvalue weighted by molar-refractivity contribution is 0.121. The molecule has 0 spiro atoms. The monoisotopic (exact) mass is 320 g/mol. The van der Waals surface area contributed by atoms with Gasteiger partial charge in [0.25, 0.3) is 0 Å². The van der Waals surface area contributed by atoms with Crippen molar-refractivity contribution in [3.05, 3.63) is 18.0 Å². The van der Waals surface area contributed by atoms with Crippen molar-refractivity contribution in [3.63, 3.8) is 0 Å². The zero-order chi connectivity index (χ0) is 14.8. The van der Waals surface area contributed by atoms with Crippen LogP contribution in [0.25, 0.3) is 0 Å². The Hall–Kier alpha value is -0.560. The fraction of sp³-hybridized carbons (Fsp3) is 0.692. The Bertz CT molecular complexity index is 548. The van der Waals surface area contributed by atoms with Crippen LogP contribution in [0.1, 0.15) is 18.5 Å². The quantitative estimate of drug-likeness (QED) is 0.778. The number of hydrogen-bond acceptors (Lipinski definition) is 3. The van der Waals surface area contributed by atoms with Gasteiger partial charge in [0.2, 0.25) is 10.0 Å². The molecule has 1 aliphatic heterocycles. The number of piperidine rings is 1. The Balaban J connectivity index is 2.11. The lowest BCUT2D eigenvalue weighted by atomic mass is 9.99. The van der Waals surface area contributed by atoms with Gasteiger partial charge in [0.05, 0.1) is 5.88 Å². The summed E-state index contributed by atoms with van der Waals surface area (Å²) in [4.78, 5) is 0.334. The molecule has 0 atom stereocenters. The lowest BCUT2D eigenvalue weighted by Gasteiger charge is -2.30. The minimum Gasteiger partial charge on any atom is -0.384 e. The molecule has 0 amide bonds. The van der Waals surface area contributed by atoms with Crippen molar-refractivity contribution in [1.82, 2.24) is 8.87 Å². The highest BCUT2D eigenvalue weighted by Crippen LogP contribution is 2.25. The van der Waals surface area contributed by atoms with E-state index in [2.05, 4.69) is 0 Å². The van der Waals surface area contributed by atoms with Gasteiger partial charge in [-0.25, -0.2) is 8.42 Å². The maximum absolute atomic E-state index is 12.6. The van der Waals surface area contributed by atoms with Gasteiger partial charge in [-0.05, 0) is 24.8 Å². The van der Waals surface area contributed by atoms with E-state index in [-0.39, 0.29) is 0 Å². The van der Waals surface area contributed by atoms with Gasteiger partial charge in [-0.1, -0.05) is 0 Å². The van der Waals surface area contributed by atoms with Crippen LogP contribution in [0.4, 0.5) is 0 Å². The number of sulfonamides is 1. The van der Waals surface area contributed by atoms with Gasteiger partial charge in [-0.3, -0.25) is 0 Å². The van der Waals surface area contributed by atoms with E-state index in [1.807, 2.05) is 7.05 Å². The molecule has 7 heteroatoms. The number of hydrogen-bond donors (Lipinski definition) is 0. The molecule has 0 saturated carbocycles. The first-order valence-electron chi connectivity index (χ1n) is 6.69. The predicted molar refractivity (Wildman–Crippen MR) is 78.3 cm³/mol. The molecule has 2 rings (SSSR count). The van der Waals surface area contributed by atoms with Gasteiger partial charge < -0.3 is 9.30 Å². The average molecular weight is 321 g/mol. The van der Waals surface area contributed by atoms with E-state index in [0.29, 0.717) is 36.4 Å². The van der Waals surface area contributed by atoms with Crippen LogP contribution in [0.5, 0.6) is 0 Å². The fourth-order valence-corrected chi connectivity index (χ4v) is 4.38. The fourth-order valence-electron chi connectivity index (χ4n) is 2.55. The summed E-state index contributed by atoms with van der Waals surface area (Å²) in [5.41, 5.74) is 0.805. The Labute approximate surface area is 125 Å². The second-order valence-electron chi connectivity index (χ2n) is 5.21. The molecule has 0 N–H and O–H groups in total. The Morgan fingerprint density at radius 2 is 2.05 bits per heavy atom. The first kappa shape index (κ1) is 15.8. The topological polar surface area (TPSA) is 51.5 Å². The summed E-state index contributed by atoms with van der Waals surface area (Å²) in [7, 11) is 0.0893. The van der Waals surface area contributed by atoms with Gasteiger partial charge in [-0.15, -0.1) is 11.6 Å². The largest absolute Gasteiger partial charge is 0.384 e. The molecule has 20 heavy (non-hydrogen) atoms. The maximum atomic E-state index is 12.6. The van der Waals surface area contributed by atoms with Crippen molar-refractivity contribution in [1.29, 1.82) is 0 Å². The van der Waals surface area contributed by atoms with Gasteiger partial charge in [0.15, 0.2) is 0 Å². The molecule has 1 saturated heterocycles. The molecular formula is C13H21ClN2O3S. The van der Waals surface area contributed by atoms with E-state index < -0.39 is 10.0 Å². The molecule has 5 nitrogen and oxygen atoms in total. The number of alkyl halides is 1. The second-order valence-corrected chi connectivity index (χ2v) is 7.42. The van der Waals surface area contributed by atoms with E-state index in [1.54, 1.807) is 28.2 Å². The number of rotatable bonds is 5. The molecule has 1 fully saturated rings. The zero-order valence-corrected chi connectivity index (χ0v) is 13.5. The Kier molecular flexibility index (Phi) is 5.12. The zero-order valence-electron chi connectivity index (χ0n) is 11.9. The smallest absolute Gasteiger partial charge is 0.244 e. The van der Waals surface area contributed by atoms with Gasteiger partial charge in [0, 0.05) is 45.7 Å². The van der Waals surface area contributed by atoms with Crippen molar-refractivity contribution in [2.24, 2.45) is 13.0 Å². The molecule has 0 radical (unpaired) electrons.